The molecular formula is C15H22N2O2. The van der Waals surface area contributed by atoms with Gasteiger partial charge in [0.25, 0.3) is 0 Å². The molecule has 0 aliphatic rings. The number of aromatic nitrogens is 1. The second kappa shape index (κ2) is 5.53. The summed E-state index contributed by atoms with van der Waals surface area (Å²) in [5.41, 5.74) is 3.76. The Labute approximate surface area is 114 Å². The van der Waals surface area contributed by atoms with Crippen LogP contribution in [0.1, 0.15) is 11.3 Å². The molecule has 1 aromatic carbocycles. The van der Waals surface area contributed by atoms with Gasteiger partial charge < -0.3 is 19.4 Å². The molecular weight excluding hydrogens is 240 g/mol. The van der Waals surface area contributed by atoms with Crippen LogP contribution < -0.4 is 14.8 Å². The number of benzene rings is 1. The van der Waals surface area contributed by atoms with Crippen molar-refractivity contribution in [2.75, 3.05) is 27.8 Å². The molecule has 0 atom stereocenters. The molecule has 1 heterocycles. The van der Waals surface area contributed by atoms with E-state index in [1.54, 1.807) is 14.2 Å². The molecule has 4 nitrogen and oxygen atoms in total. The van der Waals surface area contributed by atoms with Crippen molar-refractivity contribution in [3.63, 3.8) is 0 Å². The fraction of sp³-hybridized carbons (Fsp3) is 0.467. The maximum Gasteiger partial charge on any atom is 0.146 e. The van der Waals surface area contributed by atoms with Gasteiger partial charge in [0.05, 0.1) is 19.7 Å². The molecule has 0 aliphatic carbocycles. The molecule has 0 bridgehead atoms. The molecule has 0 radical (unpaired) electrons. The van der Waals surface area contributed by atoms with Crippen LogP contribution in [0.15, 0.2) is 12.1 Å². The van der Waals surface area contributed by atoms with E-state index >= 15 is 0 Å². The third-order valence-electron chi connectivity index (χ3n) is 3.73. The van der Waals surface area contributed by atoms with Gasteiger partial charge in [-0.15, -0.1) is 0 Å². The van der Waals surface area contributed by atoms with Crippen molar-refractivity contribution in [3.8, 4) is 11.5 Å². The van der Waals surface area contributed by atoms with Crippen molar-refractivity contribution in [1.82, 2.24) is 9.88 Å². The second-order valence-corrected chi connectivity index (χ2v) is 4.70. The van der Waals surface area contributed by atoms with Crippen LogP contribution in [0.3, 0.4) is 0 Å². The van der Waals surface area contributed by atoms with Crippen molar-refractivity contribution in [2.45, 2.75) is 13.3 Å². The van der Waals surface area contributed by atoms with Crippen LogP contribution in [0.25, 0.3) is 10.9 Å². The minimum absolute atomic E-state index is 0.834. The highest BCUT2D eigenvalue weighted by Crippen LogP contribution is 2.36. The number of methoxy groups -OCH3 is 2. The first-order valence-corrected chi connectivity index (χ1v) is 6.48. The Morgan fingerprint density at radius 1 is 1.21 bits per heavy atom. The summed E-state index contributed by atoms with van der Waals surface area (Å²) in [6.07, 6.45) is 0.996. The van der Waals surface area contributed by atoms with Crippen LogP contribution in [0.5, 0.6) is 11.5 Å². The first-order valence-electron chi connectivity index (χ1n) is 6.48. The molecule has 19 heavy (non-hydrogen) atoms. The molecule has 0 fully saturated rings. The summed E-state index contributed by atoms with van der Waals surface area (Å²) in [4.78, 5) is 0. The van der Waals surface area contributed by atoms with Crippen molar-refractivity contribution in [3.05, 3.63) is 23.4 Å². The third kappa shape index (κ3) is 2.28. The van der Waals surface area contributed by atoms with Crippen molar-refractivity contribution >= 4 is 10.9 Å². The van der Waals surface area contributed by atoms with Gasteiger partial charge in [-0.1, -0.05) is 0 Å². The van der Waals surface area contributed by atoms with Crippen molar-refractivity contribution < 1.29 is 9.47 Å². The lowest BCUT2D eigenvalue weighted by atomic mass is 10.1. The zero-order chi connectivity index (χ0) is 14.0. The topological polar surface area (TPSA) is 35.4 Å². The molecule has 0 saturated heterocycles. The van der Waals surface area contributed by atoms with E-state index in [0.717, 1.165) is 30.0 Å². The summed E-state index contributed by atoms with van der Waals surface area (Å²) in [6.45, 7) is 3.11. The predicted octanol–water partition coefficient (Wildman–Crippen LogP) is 2.27. The molecule has 0 spiro atoms. The maximum absolute atomic E-state index is 5.51. The summed E-state index contributed by atoms with van der Waals surface area (Å²) in [5, 5.41) is 4.42. The van der Waals surface area contributed by atoms with Crippen LogP contribution in [0, 0.1) is 6.92 Å². The molecule has 104 valence electrons. The maximum atomic E-state index is 5.51. The Morgan fingerprint density at radius 2 is 1.95 bits per heavy atom. The Morgan fingerprint density at radius 3 is 2.53 bits per heavy atom. The van der Waals surface area contributed by atoms with E-state index in [1.165, 1.54) is 16.6 Å². The summed E-state index contributed by atoms with van der Waals surface area (Å²) in [6, 6.07) is 4.03. The molecule has 1 aromatic heterocycles. The van der Waals surface area contributed by atoms with E-state index in [-0.39, 0.29) is 0 Å². The van der Waals surface area contributed by atoms with Gasteiger partial charge in [0.2, 0.25) is 0 Å². The van der Waals surface area contributed by atoms with Gasteiger partial charge in [-0.05, 0) is 38.6 Å². The number of aryl methyl sites for hydroxylation is 1. The van der Waals surface area contributed by atoms with Gasteiger partial charge in [-0.2, -0.15) is 0 Å². The number of nitrogens with zero attached hydrogens (tertiary/aromatic N) is 1. The zero-order valence-corrected chi connectivity index (χ0v) is 12.3. The number of hydrogen-bond donors (Lipinski definition) is 1. The van der Waals surface area contributed by atoms with Crippen LogP contribution in [0.4, 0.5) is 0 Å². The monoisotopic (exact) mass is 262 g/mol. The zero-order valence-electron chi connectivity index (χ0n) is 12.3. The van der Waals surface area contributed by atoms with Crippen molar-refractivity contribution in [2.24, 2.45) is 7.05 Å². The minimum atomic E-state index is 0.834. The van der Waals surface area contributed by atoms with Crippen LogP contribution in [0.2, 0.25) is 0 Å². The van der Waals surface area contributed by atoms with E-state index in [1.807, 2.05) is 13.1 Å². The third-order valence-corrected chi connectivity index (χ3v) is 3.73. The smallest absolute Gasteiger partial charge is 0.146 e. The number of hydrogen-bond acceptors (Lipinski definition) is 3. The van der Waals surface area contributed by atoms with Crippen LogP contribution in [-0.2, 0) is 13.5 Å². The number of fused-ring (bicyclic) bond motifs is 1. The second-order valence-electron chi connectivity index (χ2n) is 4.70. The SMILES string of the molecule is CNCCc1c(C)n(C)c2c(OC)cc(OC)cc12. The summed E-state index contributed by atoms with van der Waals surface area (Å²) < 4.78 is 13.1. The minimum Gasteiger partial charge on any atom is -0.497 e. The average Bonchev–Trinajstić information content (AvgIpc) is 2.68. The standard InChI is InChI=1S/C15H22N2O2/c1-10-12(6-7-16-2)13-8-11(18-4)9-14(19-5)15(13)17(10)3/h8-9,16H,6-7H2,1-5H3. The van der Waals surface area contributed by atoms with E-state index in [2.05, 4.69) is 29.9 Å². The lowest BCUT2D eigenvalue weighted by Crippen LogP contribution is -2.10. The van der Waals surface area contributed by atoms with E-state index in [9.17, 15) is 0 Å². The number of nitrogens with one attached hydrogen (secondary N) is 1. The van der Waals surface area contributed by atoms with Crippen LogP contribution in [-0.4, -0.2) is 32.4 Å². The van der Waals surface area contributed by atoms with Gasteiger partial charge >= 0.3 is 0 Å². The normalized spacial score (nSPS) is 11.0. The van der Waals surface area contributed by atoms with Crippen molar-refractivity contribution in [1.29, 1.82) is 0 Å². The Kier molecular flexibility index (Phi) is 4.00. The Balaban J connectivity index is 2.71. The summed E-state index contributed by atoms with van der Waals surface area (Å²) >= 11 is 0. The lowest BCUT2D eigenvalue weighted by Gasteiger charge is -2.08. The summed E-state index contributed by atoms with van der Waals surface area (Å²) in [5.74, 6) is 1.69. The Hall–Kier alpha value is -1.68. The van der Waals surface area contributed by atoms with Gasteiger partial charge in [0.15, 0.2) is 0 Å². The number of ether oxygens (including phenoxy) is 2. The quantitative estimate of drug-likeness (QED) is 0.898. The first-order chi connectivity index (χ1) is 9.13. The fourth-order valence-corrected chi connectivity index (χ4v) is 2.56. The molecule has 2 aromatic rings. The largest absolute Gasteiger partial charge is 0.497 e. The molecule has 1 N–H and O–H groups in total. The molecule has 0 unspecified atom stereocenters. The van der Waals surface area contributed by atoms with E-state index < -0.39 is 0 Å². The molecule has 2 rings (SSSR count). The highest BCUT2D eigenvalue weighted by atomic mass is 16.5. The number of likely N-dealkylation sites (N-methyl/N-ethyl adjacent to an activating group) is 1. The lowest BCUT2D eigenvalue weighted by molar-refractivity contribution is 0.397. The van der Waals surface area contributed by atoms with Gasteiger partial charge in [0.1, 0.15) is 11.5 Å². The number of rotatable bonds is 5. The van der Waals surface area contributed by atoms with E-state index in [4.69, 9.17) is 9.47 Å². The molecule has 0 saturated carbocycles. The molecule has 0 amide bonds. The predicted molar refractivity (Wildman–Crippen MR) is 78.4 cm³/mol. The highest BCUT2D eigenvalue weighted by Gasteiger charge is 2.16. The van der Waals surface area contributed by atoms with Gasteiger partial charge in [0, 0.05) is 24.2 Å². The molecule has 0 aliphatic heterocycles. The summed E-state index contributed by atoms with van der Waals surface area (Å²) in [7, 11) is 7.44. The van der Waals surface area contributed by atoms with E-state index in [0.29, 0.717) is 0 Å². The molecule has 4 heteroatoms. The average molecular weight is 262 g/mol. The highest BCUT2D eigenvalue weighted by molar-refractivity contribution is 5.92. The van der Waals surface area contributed by atoms with Crippen LogP contribution >= 0.6 is 0 Å². The fourth-order valence-electron chi connectivity index (χ4n) is 2.56. The van der Waals surface area contributed by atoms with Gasteiger partial charge in [-0.3, -0.25) is 0 Å². The Bertz CT molecular complexity index is 588. The first kappa shape index (κ1) is 13.7. The van der Waals surface area contributed by atoms with Gasteiger partial charge in [-0.25, -0.2) is 0 Å².